The minimum atomic E-state index is -0.862. The summed E-state index contributed by atoms with van der Waals surface area (Å²) in [5, 5.41) is 27.2. The van der Waals surface area contributed by atoms with E-state index in [2.05, 4.69) is 53.7 Å². The third-order valence-corrected chi connectivity index (χ3v) is 11.8. The van der Waals surface area contributed by atoms with Crippen molar-refractivity contribution in [2.24, 2.45) is 0 Å². The van der Waals surface area contributed by atoms with Crippen molar-refractivity contribution in [1.82, 2.24) is 0 Å². The summed E-state index contributed by atoms with van der Waals surface area (Å²) in [6.07, 6.45) is 52.1. The second-order valence-corrected chi connectivity index (χ2v) is 18.3. The van der Waals surface area contributed by atoms with Gasteiger partial charge < -0.3 is 14.2 Å². The molecule has 0 bridgehead atoms. The topological polar surface area (TPSA) is 167 Å². The molecular weight excluding hydrogens is 877 g/mol. The summed E-state index contributed by atoms with van der Waals surface area (Å²) in [6, 6.07) is 0. The summed E-state index contributed by atoms with van der Waals surface area (Å²) >= 11 is 0. The molecule has 398 valence electrons. The highest BCUT2D eigenvalue weighted by Gasteiger charge is 2.19. The minimum absolute atomic E-state index is 0.156. The molecule has 0 aromatic carbocycles. The van der Waals surface area contributed by atoms with Gasteiger partial charge in [0.2, 0.25) is 0 Å². The van der Waals surface area contributed by atoms with Gasteiger partial charge in [-0.15, -0.1) is 0 Å². The Morgan fingerprint density at radius 1 is 0.377 bits per heavy atom. The Morgan fingerprint density at radius 2 is 0.681 bits per heavy atom. The van der Waals surface area contributed by atoms with E-state index < -0.39 is 12.1 Å². The number of carbonyl (C=O) groups is 3. The molecule has 0 saturated carbocycles. The number of unbranched alkanes of at least 4 members (excludes halogenated alkanes) is 21. The summed E-state index contributed by atoms with van der Waals surface area (Å²) in [4.78, 5) is 51.8. The molecule has 0 aromatic heterocycles. The molecule has 0 fully saturated rings. The van der Waals surface area contributed by atoms with Crippen LogP contribution in [0.4, 0.5) is 0 Å². The van der Waals surface area contributed by atoms with Crippen molar-refractivity contribution in [2.75, 3.05) is 13.2 Å². The van der Waals surface area contributed by atoms with Crippen LogP contribution in [-0.2, 0) is 43.3 Å². The van der Waals surface area contributed by atoms with Gasteiger partial charge >= 0.3 is 17.9 Å². The third-order valence-electron chi connectivity index (χ3n) is 11.8. The van der Waals surface area contributed by atoms with Gasteiger partial charge in [-0.05, 0) is 77.0 Å². The van der Waals surface area contributed by atoms with Gasteiger partial charge in [-0.3, -0.25) is 30.2 Å². The second kappa shape index (κ2) is 52.4. The lowest BCUT2D eigenvalue weighted by Crippen LogP contribution is -2.30. The highest BCUT2D eigenvalue weighted by Crippen LogP contribution is 2.14. The molecule has 69 heavy (non-hydrogen) atoms. The van der Waals surface area contributed by atoms with Gasteiger partial charge in [0.15, 0.2) is 6.10 Å². The van der Waals surface area contributed by atoms with Crippen LogP contribution < -0.4 is 0 Å². The Hall–Kier alpha value is -3.39. The SMILES string of the molecule is CCCCC[C@@H](/C=C/C=C\CCCCCCCC(=O)OCC(COC(=O)CCCCCCC/C=C\C=C\[C@H](CCCCC)OO)OC(=O)CCCCCCC/C=C\C=C\[C@H](CCCCC)OO)OO. The average Bonchev–Trinajstić information content (AvgIpc) is 3.35. The largest absolute Gasteiger partial charge is 0.462 e. The molecule has 0 rings (SSSR count). The zero-order chi connectivity index (χ0) is 50.5. The van der Waals surface area contributed by atoms with Gasteiger partial charge in [-0.2, -0.15) is 0 Å². The molecule has 0 saturated heterocycles. The van der Waals surface area contributed by atoms with Gasteiger partial charge in [-0.1, -0.05) is 209 Å². The van der Waals surface area contributed by atoms with Gasteiger partial charge in [0.05, 0.1) is 0 Å². The predicted molar refractivity (Wildman–Crippen MR) is 279 cm³/mol. The van der Waals surface area contributed by atoms with E-state index in [4.69, 9.17) is 30.0 Å². The van der Waals surface area contributed by atoms with E-state index in [1.807, 2.05) is 54.7 Å². The number of esters is 3. The quantitative estimate of drug-likeness (QED) is 0.0132. The fraction of sp³-hybridized carbons (Fsp3) is 0.737. The summed E-state index contributed by atoms with van der Waals surface area (Å²) in [5.74, 6) is -1.11. The Labute approximate surface area is 418 Å². The maximum absolute atomic E-state index is 12.8. The lowest BCUT2D eigenvalue weighted by Gasteiger charge is -2.18. The monoisotopic (exact) mass is 975 g/mol. The first-order chi connectivity index (χ1) is 33.8. The van der Waals surface area contributed by atoms with Crippen molar-refractivity contribution in [2.45, 2.75) is 257 Å². The Balaban J connectivity index is 4.66. The van der Waals surface area contributed by atoms with Gasteiger partial charge in [0, 0.05) is 19.3 Å². The number of hydrogen-bond acceptors (Lipinski definition) is 12. The molecule has 0 amide bonds. The van der Waals surface area contributed by atoms with Crippen molar-refractivity contribution in [3.63, 3.8) is 0 Å². The lowest BCUT2D eigenvalue weighted by molar-refractivity contribution is -0.267. The third kappa shape index (κ3) is 46.7. The van der Waals surface area contributed by atoms with Gasteiger partial charge in [0.1, 0.15) is 31.5 Å². The molecular formula is C57H98O12. The van der Waals surface area contributed by atoms with Gasteiger partial charge in [-0.25, -0.2) is 14.7 Å². The fourth-order valence-corrected chi connectivity index (χ4v) is 7.49. The number of hydrogen-bond donors (Lipinski definition) is 3. The molecule has 0 aliphatic carbocycles. The Kier molecular flexibility index (Phi) is 49.9. The van der Waals surface area contributed by atoms with Crippen LogP contribution in [0.15, 0.2) is 72.9 Å². The smallest absolute Gasteiger partial charge is 0.306 e. The number of ether oxygens (including phenoxy) is 3. The molecule has 0 heterocycles. The van der Waals surface area contributed by atoms with E-state index in [-0.39, 0.29) is 62.7 Å². The summed E-state index contributed by atoms with van der Waals surface area (Å²) in [6.45, 7) is 6.13. The maximum atomic E-state index is 12.8. The molecule has 3 N–H and O–H groups in total. The number of carbonyl (C=O) groups excluding carboxylic acids is 3. The van der Waals surface area contributed by atoms with Crippen LogP contribution in [0.25, 0.3) is 0 Å². The molecule has 0 radical (unpaired) electrons. The molecule has 0 aromatic rings. The van der Waals surface area contributed by atoms with Gasteiger partial charge in [0.25, 0.3) is 0 Å². The van der Waals surface area contributed by atoms with Crippen LogP contribution in [0.5, 0.6) is 0 Å². The predicted octanol–water partition coefficient (Wildman–Crippen LogP) is 15.8. The van der Waals surface area contributed by atoms with E-state index in [0.717, 1.165) is 173 Å². The van der Waals surface area contributed by atoms with Crippen LogP contribution in [0.2, 0.25) is 0 Å². The maximum Gasteiger partial charge on any atom is 0.306 e. The van der Waals surface area contributed by atoms with Crippen molar-refractivity contribution >= 4 is 17.9 Å². The average molecular weight is 975 g/mol. The molecule has 12 heteroatoms. The van der Waals surface area contributed by atoms with E-state index >= 15 is 0 Å². The first kappa shape index (κ1) is 65.6. The first-order valence-electron chi connectivity index (χ1n) is 27.2. The summed E-state index contributed by atoms with van der Waals surface area (Å²) in [7, 11) is 0. The molecule has 3 atom stereocenters. The van der Waals surface area contributed by atoms with Crippen LogP contribution in [0.1, 0.15) is 233 Å². The van der Waals surface area contributed by atoms with Crippen LogP contribution >= 0.6 is 0 Å². The fourth-order valence-electron chi connectivity index (χ4n) is 7.49. The van der Waals surface area contributed by atoms with E-state index in [1.165, 1.54) is 0 Å². The van der Waals surface area contributed by atoms with Crippen LogP contribution in [-0.4, -0.2) is 71.3 Å². The molecule has 0 spiro atoms. The molecule has 0 aliphatic heterocycles. The first-order valence-corrected chi connectivity index (χ1v) is 27.2. The van der Waals surface area contributed by atoms with E-state index in [0.29, 0.717) is 19.3 Å². The van der Waals surface area contributed by atoms with Crippen molar-refractivity contribution in [1.29, 1.82) is 0 Å². The minimum Gasteiger partial charge on any atom is -0.462 e. The number of rotatable bonds is 50. The molecule has 12 nitrogen and oxygen atoms in total. The zero-order valence-electron chi connectivity index (χ0n) is 43.5. The second-order valence-electron chi connectivity index (χ2n) is 18.3. The normalized spacial score (nSPS) is 13.6. The van der Waals surface area contributed by atoms with Crippen LogP contribution in [0.3, 0.4) is 0 Å². The highest BCUT2D eigenvalue weighted by molar-refractivity contribution is 5.71. The lowest BCUT2D eigenvalue weighted by atomic mass is 10.1. The standard InChI is InChI=1S/C57H98O12/c1-4-7-31-40-51(67-61)43-34-25-19-13-10-16-22-28-37-46-55(58)64-49-54(66-57(60)48-39-30-24-18-12-15-21-27-36-45-53(69-63)42-33-9-6-3)50-65-56(59)47-38-29-23-17-11-14-20-26-35-44-52(68-62)41-32-8-5-2/h19-21,25-27,34-36,43-45,51-54,61-63H,4-18,22-24,28-33,37-42,46-50H2,1-3H3/b25-19-,26-20-,27-21-,43-34+,44-35+,45-36+/t51-,52-,53-/m0/s1. The van der Waals surface area contributed by atoms with E-state index in [1.54, 1.807) is 0 Å². The van der Waals surface area contributed by atoms with Crippen LogP contribution in [0, 0.1) is 0 Å². The van der Waals surface area contributed by atoms with Crippen molar-refractivity contribution in [3.05, 3.63) is 72.9 Å². The zero-order valence-corrected chi connectivity index (χ0v) is 43.5. The Bertz CT molecular complexity index is 1290. The highest BCUT2D eigenvalue weighted by atomic mass is 17.1. The summed E-state index contributed by atoms with van der Waals surface area (Å²) < 4.78 is 16.7. The van der Waals surface area contributed by atoms with E-state index in [9.17, 15) is 14.4 Å². The Morgan fingerprint density at radius 3 is 1.00 bits per heavy atom. The molecule has 0 aliphatic rings. The summed E-state index contributed by atoms with van der Waals surface area (Å²) in [5.41, 5.74) is 0. The number of allylic oxidation sites excluding steroid dienone is 9. The van der Waals surface area contributed by atoms with Crippen molar-refractivity contribution in [3.8, 4) is 0 Å². The van der Waals surface area contributed by atoms with Crippen molar-refractivity contribution < 1.29 is 59.0 Å². The molecule has 0 unspecified atom stereocenters.